The van der Waals surface area contributed by atoms with Gasteiger partial charge in [0.15, 0.2) is 29.1 Å². The van der Waals surface area contributed by atoms with Crippen LogP contribution in [0.3, 0.4) is 0 Å². The molecular weight excluding hydrogens is 1670 g/mol. The fourth-order valence-electron chi connectivity index (χ4n) is 15.6. The number of nitrogens with zero attached hydrogens (tertiary/aromatic N) is 17. The van der Waals surface area contributed by atoms with E-state index in [9.17, 15) is 24.0 Å². The van der Waals surface area contributed by atoms with Crippen LogP contribution < -0.4 is 47.1 Å². The smallest absolute Gasteiger partial charge is 0.277 e. The Morgan fingerprint density at radius 1 is 0.346 bits per heavy atom. The number of nitrogens with one attached hydrogen (secondary N) is 5. The number of hydrogen-bond donors (Lipinski definition) is 5. The van der Waals surface area contributed by atoms with Crippen LogP contribution in [0.25, 0.3) is 85.8 Å². The highest BCUT2D eigenvalue weighted by Gasteiger charge is 2.24. The summed E-state index contributed by atoms with van der Waals surface area (Å²) in [6.07, 6.45) is 4.62. The minimum atomic E-state index is -0.218. The van der Waals surface area contributed by atoms with E-state index in [2.05, 4.69) is 174 Å². The molecular formula is C104H98N22O7. The molecule has 10 aromatic carbocycles. The molecule has 1 aliphatic heterocycles. The highest BCUT2D eigenvalue weighted by Crippen LogP contribution is 2.32. The minimum absolute atomic E-state index is 0.138. The molecule has 0 radical (unpaired) electrons. The van der Waals surface area contributed by atoms with Gasteiger partial charge in [0, 0.05) is 82.6 Å². The van der Waals surface area contributed by atoms with Gasteiger partial charge in [-0.1, -0.05) is 238 Å². The average molecular weight is 1770 g/mol. The molecule has 666 valence electrons. The molecule has 0 saturated carbocycles. The van der Waals surface area contributed by atoms with Crippen molar-refractivity contribution in [3.05, 3.63) is 415 Å². The Kier molecular flexibility index (Phi) is 26.4. The van der Waals surface area contributed by atoms with E-state index in [0.717, 1.165) is 99.7 Å². The lowest BCUT2D eigenvalue weighted by atomic mass is 10.1. The van der Waals surface area contributed by atoms with E-state index in [1.54, 1.807) is 25.1 Å². The second-order valence-electron chi connectivity index (χ2n) is 32.5. The first-order valence-electron chi connectivity index (χ1n) is 44.0. The Morgan fingerprint density at radius 3 is 1.23 bits per heavy atom. The zero-order valence-electron chi connectivity index (χ0n) is 75.1. The van der Waals surface area contributed by atoms with Crippen LogP contribution in [0.2, 0.25) is 0 Å². The molecule has 29 heteroatoms. The number of benzene rings is 10. The summed E-state index contributed by atoms with van der Waals surface area (Å²) in [5, 5.41) is 15.1. The average Bonchev–Trinajstić information content (AvgIpc) is 1.80. The van der Waals surface area contributed by atoms with E-state index in [1.807, 2.05) is 221 Å². The first kappa shape index (κ1) is 88.2. The van der Waals surface area contributed by atoms with Crippen LogP contribution in [0.5, 0.6) is 11.5 Å². The Labute approximate surface area is 763 Å². The molecule has 29 nitrogen and oxygen atoms in total. The molecule has 20 aromatic rings. The second kappa shape index (κ2) is 39.8. The molecule has 0 saturated heterocycles. The monoisotopic (exact) mass is 1770 g/mol. The third-order valence-corrected chi connectivity index (χ3v) is 23.4. The zero-order chi connectivity index (χ0) is 92.2. The van der Waals surface area contributed by atoms with Crippen LogP contribution in [0.1, 0.15) is 98.0 Å². The number of aromatic nitrogens is 20. The van der Waals surface area contributed by atoms with Gasteiger partial charge in [0.05, 0.1) is 41.6 Å². The summed E-state index contributed by atoms with van der Waals surface area (Å²) in [4.78, 5) is 112. The van der Waals surface area contributed by atoms with Gasteiger partial charge in [-0.2, -0.15) is 47.5 Å². The molecule has 10 aromatic heterocycles. The van der Waals surface area contributed by atoms with Gasteiger partial charge >= 0.3 is 0 Å². The van der Waals surface area contributed by atoms with Gasteiger partial charge in [0.1, 0.15) is 24.7 Å². The highest BCUT2D eigenvalue weighted by molar-refractivity contribution is 5.64. The standard InChI is InChI=1S/C21H19N5O.C21H21N5O.C21H20N4O2.C21H20N4O.C20H18N4O2/c1-14-6-5-9-18-17(14)10-11-25(18)13-16-12-19(27)26-21(22-16)23-20(24-26)15-7-3-2-4-8-15;1-14-8-7-11-18(15(14)2)25(3)13-17-12-19(27)26-21(22-17)23-20(24-26)16-9-5-4-6-10-16;1-3-15-9-11-17(12-10-15)27-13-18-14(2)20(26)25-21(22-18)23-19(24-25)16-7-5-4-6-8-16;1-2-15-8-10-16(11-9-15)12-13-18-14-19(26)25-21(22-18)23-20(24-25)17-6-4-3-5-7-17;1-13-7-6-10-17(14(13)2)26-12-16-11-18(25)24-20(21-16)22-19(23-24)15-8-4-3-5-9-15/h2-9,12H,10-11,13H2,1H3,(H,22,23,24);4-12H,13H2,1-3H3,(H,22,23,24);4-12H,3,13H2,1-2H3,(H,22,23,24);3-11,14H,2,12-13H2,1H3,(H,22,23,24);3-11H,12H2,1-2H3,(H,21,22,23). The Morgan fingerprint density at radius 2 is 0.737 bits per heavy atom. The van der Waals surface area contributed by atoms with Crippen LogP contribution in [0, 0.1) is 41.5 Å². The number of aryl methyl sites for hydroxylation is 7. The number of aromatic amines is 5. The van der Waals surface area contributed by atoms with Crippen molar-refractivity contribution in [1.29, 1.82) is 0 Å². The second-order valence-corrected chi connectivity index (χ2v) is 32.5. The van der Waals surface area contributed by atoms with Gasteiger partial charge in [-0.3, -0.25) is 49.5 Å². The van der Waals surface area contributed by atoms with E-state index in [0.29, 0.717) is 100 Å². The van der Waals surface area contributed by atoms with Crippen molar-refractivity contribution >= 4 is 40.3 Å². The van der Waals surface area contributed by atoms with Gasteiger partial charge in [0.2, 0.25) is 0 Å². The molecule has 0 fully saturated rings. The summed E-state index contributed by atoms with van der Waals surface area (Å²) in [6.45, 7) is 18.9. The Bertz CT molecular complexity index is 7830. The largest absolute Gasteiger partial charge is 0.487 e. The Balaban J connectivity index is 0.000000116. The summed E-state index contributed by atoms with van der Waals surface area (Å²) >= 11 is 0. The van der Waals surface area contributed by atoms with Crippen molar-refractivity contribution in [2.45, 2.75) is 114 Å². The van der Waals surface area contributed by atoms with Gasteiger partial charge in [0.25, 0.3) is 56.7 Å². The maximum Gasteiger partial charge on any atom is 0.277 e. The molecule has 0 atom stereocenters. The van der Waals surface area contributed by atoms with Crippen LogP contribution in [0.4, 0.5) is 11.4 Å². The summed E-state index contributed by atoms with van der Waals surface area (Å²) in [6, 6.07) is 89.6. The van der Waals surface area contributed by atoms with Crippen LogP contribution >= 0.6 is 0 Å². The SMILES string of the molecule is CCc1ccc(CCc2cc(=O)n3[nH]c(-c4ccccc4)nc3n2)cc1.CCc1ccc(OCc2nc3nc(-c4ccccc4)[nH]n3c(=O)c2C)cc1.Cc1cccc(N(C)Cc2cc(=O)n3[nH]c(-c4ccccc4)nc3n2)c1C.Cc1cccc(OCc2cc(=O)n3[nH]c(-c4ccccc4)nc3n2)c1C.Cc1cccc2c1CCN2Cc1cc(=O)n2[nH]c(-c3ccccc3)nc2n1. The van der Waals surface area contributed by atoms with Crippen molar-refractivity contribution in [1.82, 2.24) is 97.9 Å². The molecule has 133 heavy (non-hydrogen) atoms. The molecule has 0 aliphatic carbocycles. The molecule has 0 amide bonds. The minimum Gasteiger partial charge on any atom is -0.487 e. The van der Waals surface area contributed by atoms with Gasteiger partial charge in [-0.15, -0.1) is 0 Å². The van der Waals surface area contributed by atoms with Crippen molar-refractivity contribution in [2.75, 3.05) is 23.4 Å². The predicted octanol–water partition coefficient (Wildman–Crippen LogP) is 16.5. The number of ether oxygens (including phenoxy) is 2. The lowest BCUT2D eigenvalue weighted by molar-refractivity contribution is 0.299. The molecule has 21 rings (SSSR count). The molecule has 1 aliphatic rings. The zero-order valence-corrected chi connectivity index (χ0v) is 75.1. The third kappa shape index (κ3) is 20.4. The number of anilines is 2. The lowest BCUT2D eigenvalue weighted by Crippen LogP contribution is -2.23. The van der Waals surface area contributed by atoms with E-state index in [-0.39, 0.29) is 41.0 Å². The van der Waals surface area contributed by atoms with Crippen molar-refractivity contribution < 1.29 is 9.47 Å². The fraction of sp³-hybridized carbons (Fsp3) is 0.183. The molecule has 5 N–H and O–H groups in total. The van der Waals surface area contributed by atoms with E-state index in [4.69, 9.17) is 9.47 Å². The lowest BCUT2D eigenvalue weighted by Gasteiger charge is -2.21. The molecule has 0 bridgehead atoms. The van der Waals surface area contributed by atoms with E-state index < -0.39 is 0 Å². The quantitative estimate of drug-likeness (QED) is 0.0446. The van der Waals surface area contributed by atoms with Crippen molar-refractivity contribution in [3.63, 3.8) is 0 Å². The third-order valence-electron chi connectivity index (χ3n) is 23.4. The van der Waals surface area contributed by atoms with Gasteiger partial charge < -0.3 is 19.3 Å². The van der Waals surface area contributed by atoms with Crippen molar-refractivity contribution in [2.24, 2.45) is 0 Å². The summed E-state index contributed by atoms with van der Waals surface area (Å²) in [5.41, 5.74) is 21.2. The first-order chi connectivity index (χ1) is 64.7. The predicted molar refractivity (Wildman–Crippen MR) is 518 cm³/mol. The van der Waals surface area contributed by atoms with Crippen molar-refractivity contribution in [3.8, 4) is 68.4 Å². The highest BCUT2D eigenvalue weighted by atomic mass is 16.5. The maximum absolute atomic E-state index is 12.7. The van der Waals surface area contributed by atoms with Gasteiger partial charge in [-0.25, -0.2) is 24.9 Å². The summed E-state index contributed by atoms with van der Waals surface area (Å²) in [7, 11) is 2.01. The maximum atomic E-state index is 12.7. The number of fused-ring (bicyclic) bond motifs is 6. The molecule has 0 spiro atoms. The first-order valence-corrected chi connectivity index (χ1v) is 44.0. The topological polar surface area (TPSA) is 340 Å². The Hall–Kier alpha value is -16.9. The summed E-state index contributed by atoms with van der Waals surface area (Å²) in [5.74, 6) is 6.51. The van der Waals surface area contributed by atoms with Gasteiger partial charge in [-0.05, 0) is 154 Å². The van der Waals surface area contributed by atoms with Crippen LogP contribution in [-0.4, -0.2) is 112 Å². The fourth-order valence-corrected chi connectivity index (χ4v) is 15.6. The summed E-state index contributed by atoms with van der Waals surface area (Å²) < 4.78 is 18.5. The van der Waals surface area contributed by atoms with E-state index in [1.165, 1.54) is 73.3 Å². The van der Waals surface area contributed by atoms with E-state index >= 15 is 0 Å². The number of rotatable bonds is 21. The normalized spacial score (nSPS) is 11.5. The molecule has 11 heterocycles. The molecule has 0 unspecified atom stereocenters. The number of hydrogen-bond acceptors (Lipinski definition) is 19. The van der Waals surface area contributed by atoms with Crippen LogP contribution in [0.15, 0.2) is 303 Å². The van der Waals surface area contributed by atoms with Crippen LogP contribution in [-0.2, 0) is 58.4 Å². The number of H-pyrrole nitrogens is 5.